The summed E-state index contributed by atoms with van der Waals surface area (Å²) in [5, 5.41) is 6.60. The first-order valence-corrected chi connectivity index (χ1v) is 10.1. The van der Waals surface area contributed by atoms with Gasteiger partial charge in [-0.3, -0.25) is 10.1 Å². The lowest BCUT2D eigenvalue weighted by molar-refractivity contribution is 0.103. The Labute approximate surface area is 167 Å². The van der Waals surface area contributed by atoms with Crippen LogP contribution in [0.5, 0.6) is 11.5 Å². The minimum atomic E-state index is -0.257. The van der Waals surface area contributed by atoms with Gasteiger partial charge in [-0.2, -0.15) is 0 Å². The number of carbonyl (C=O) groups excluding carboxylic acids is 1. The molecule has 2 aromatic carbocycles. The minimum absolute atomic E-state index is 0.229. The zero-order chi connectivity index (χ0) is 18.4. The second-order valence-electron chi connectivity index (χ2n) is 5.80. The average molecular weight is 415 g/mol. The molecule has 1 amide bonds. The molecular formula is C19H11ClN2O3S2. The molecule has 0 bridgehead atoms. The maximum Gasteiger partial charge on any atom is 0.269 e. The van der Waals surface area contributed by atoms with Crippen LogP contribution in [0.2, 0.25) is 5.02 Å². The van der Waals surface area contributed by atoms with Crippen molar-refractivity contribution in [3.63, 3.8) is 0 Å². The Bertz CT molecular complexity index is 1180. The van der Waals surface area contributed by atoms with Crippen LogP contribution >= 0.6 is 34.3 Å². The molecule has 3 heterocycles. The van der Waals surface area contributed by atoms with Gasteiger partial charge in [0.25, 0.3) is 5.91 Å². The third-order valence-corrected chi connectivity index (χ3v) is 6.57. The summed E-state index contributed by atoms with van der Waals surface area (Å²) in [5.74, 6) is 1.16. The van der Waals surface area contributed by atoms with Gasteiger partial charge in [-0.25, -0.2) is 4.98 Å². The molecule has 2 aromatic heterocycles. The topological polar surface area (TPSA) is 60.5 Å². The molecule has 1 N–H and O–H groups in total. The first-order valence-electron chi connectivity index (χ1n) is 8.03. The van der Waals surface area contributed by atoms with E-state index in [1.165, 1.54) is 22.7 Å². The largest absolute Gasteiger partial charge is 0.454 e. The van der Waals surface area contributed by atoms with Crippen LogP contribution in [-0.4, -0.2) is 17.7 Å². The number of nitrogens with zero attached hydrogens (tertiary/aromatic N) is 1. The number of ether oxygens (including phenoxy) is 2. The molecule has 27 heavy (non-hydrogen) atoms. The highest BCUT2D eigenvalue weighted by Gasteiger charge is 2.19. The molecule has 0 atom stereocenters. The Morgan fingerprint density at radius 1 is 1.15 bits per heavy atom. The second-order valence-corrected chi connectivity index (χ2v) is 8.09. The summed E-state index contributed by atoms with van der Waals surface area (Å²) in [6.45, 7) is 0.229. The highest BCUT2D eigenvalue weighted by Crippen LogP contribution is 2.38. The Morgan fingerprint density at radius 2 is 2.00 bits per heavy atom. The first kappa shape index (κ1) is 16.6. The van der Waals surface area contributed by atoms with Gasteiger partial charge < -0.3 is 9.47 Å². The van der Waals surface area contributed by atoms with Crippen molar-refractivity contribution >= 4 is 55.4 Å². The Kier molecular flexibility index (Phi) is 4.00. The monoisotopic (exact) mass is 414 g/mol. The van der Waals surface area contributed by atoms with E-state index < -0.39 is 0 Å². The lowest BCUT2D eigenvalue weighted by atomic mass is 10.1. The van der Waals surface area contributed by atoms with Crippen molar-refractivity contribution in [3.8, 4) is 22.8 Å². The second kappa shape index (κ2) is 6.53. The molecule has 1 aliphatic rings. The fourth-order valence-corrected chi connectivity index (χ4v) is 4.96. The number of thiazole rings is 1. The van der Waals surface area contributed by atoms with E-state index >= 15 is 0 Å². The normalized spacial score (nSPS) is 12.5. The van der Waals surface area contributed by atoms with Crippen LogP contribution in [-0.2, 0) is 0 Å². The number of carbonyl (C=O) groups is 1. The summed E-state index contributed by atoms with van der Waals surface area (Å²) in [6, 6.07) is 13.3. The molecule has 0 fully saturated rings. The minimum Gasteiger partial charge on any atom is -0.454 e. The van der Waals surface area contributed by atoms with E-state index in [2.05, 4.69) is 10.3 Å². The number of aromatic nitrogens is 1. The molecule has 5 rings (SSSR count). The van der Waals surface area contributed by atoms with Crippen molar-refractivity contribution in [3.05, 3.63) is 57.7 Å². The Morgan fingerprint density at radius 3 is 2.89 bits per heavy atom. The van der Waals surface area contributed by atoms with Crippen LogP contribution in [0.15, 0.2) is 47.8 Å². The molecule has 8 heteroatoms. The summed E-state index contributed by atoms with van der Waals surface area (Å²) >= 11 is 9.11. The number of rotatable bonds is 3. The highest BCUT2D eigenvalue weighted by molar-refractivity contribution is 7.21. The van der Waals surface area contributed by atoms with Crippen molar-refractivity contribution in [1.82, 2.24) is 4.98 Å². The van der Waals surface area contributed by atoms with Gasteiger partial charge in [0.1, 0.15) is 4.88 Å². The lowest BCUT2D eigenvalue weighted by Crippen LogP contribution is -2.10. The molecule has 0 spiro atoms. The number of amides is 1. The smallest absolute Gasteiger partial charge is 0.269 e. The van der Waals surface area contributed by atoms with Crippen LogP contribution in [0.1, 0.15) is 9.67 Å². The summed E-state index contributed by atoms with van der Waals surface area (Å²) < 4.78 is 11.7. The molecule has 0 saturated heterocycles. The third-order valence-electron chi connectivity index (χ3n) is 4.13. The van der Waals surface area contributed by atoms with E-state index in [9.17, 15) is 4.79 Å². The fraction of sp³-hybridized carbons (Fsp3) is 0.0526. The first-order chi connectivity index (χ1) is 13.2. The number of anilines is 1. The molecule has 1 aliphatic heterocycles. The maximum atomic E-state index is 12.6. The number of halogens is 1. The van der Waals surface area contributed by atoms with E-state index in [1.54, 1.807) is 0 Å². The SMILES string of the molecule is O=C(Nc1nc(-c2ccc3c(c2)OCO3)cs1)c1sc2ccccc2c1Cl. The fourth-order valence-electron chi connectivity index (χ4n) is 2.83. The zero-order valence-corrected chi connectivity index (χ0v) is 16.1. The van der Waals surface area contributed by atoms with Crippen LogP contribution < -0.4 is 14.8 Å². The van der Waals surface area contributed by atoms with Gasteiger partial charge in [0.05, 0.1) is 10.7 Å². The van der Waals surface area contributed by atoms with Gasteiger partial charge in [0.15, 0.2) is 16.6 Å². The van der Waals surface area contributed by atoms with Crippen LogP contribution in [0.25, 0.3) is 21.3 Å². The van der Waals surface area contributed by atoms with Gasteiger partial charge in [0, 0.05) is 21.0 Å². The van der Waals surface area contributed by atoms with Gasteiger partial charge in [-0.05, 0) is 24.3 Å². The van der Waals surface area contributed by atoms with E-state index in [-0.39, 0.29) is 12.7 Å². The molecule has 0 unspecified atom stereocenters. The summed E-state index contributed by atoms with van der Waals surface area (Å²) in [6.07, 6.45) is 0. The summed E-state index contributed by atoms with van der Waals surface area (Å²) in [7, 11) is 0. The van der Waals surface area contributed by atoms with E-state index in [0.29, 0.717) is 20.8 Å². The highest BCUT2D eigenvalue weighted by atomic mass is 35.5. The predicted octanol–water partition coefficient (Wildman–Crippen LogP) is 5.66. The maximum absolute atomic E-state index is 12.6. The molecule has 0 radical (unpaired) electrons. The molecule has 4 aromatic rings. The predicted molar refractivity (Wildman–Crippen MR) is 108 cm³/mol. The van der Waals surface area contributed by atoms with Gasteiger partial charge in [0.2, 0.25) is 6.79 Å². The van der Waals surface area contributed by atoms with E-state index in [0.717, 1.165) is 27.1 Å². The van der Waals surface area contributed by atoms with Crippen LogP contribution in [0.3, 0.4) is 0 Å². The molecule has 0 aliphatic carbocycles. The van der Waals surface area contributed by atoms with E-state index in [4.69, 9.17) is 21.1 Å². The average Bonchev–Trinajstić information content (AvgIpc) is 3.40. The van der Waals surface area contributed by atoms with E-state index in [1.807, 2.05) is 47.8 Å². The van der Waals surface area contributed by atoms with Gasteiger partial charge in [-0.15, -0.1) is 22.7 Å². The lowest BCUT2D eigenvalue weighted by Gasteiger charge is -2.01. The molecule has 0 saturated carbocycles. The quantitative estimate of drug-likeness (QED) is 0.470. The zero-order valence-electron chi connectivity index (χ0n) is 13.7. The number of hydrogen-bond acceptors (Lipinski definition) is 6. The number of hydrogen-bond donors (Lipinski definition) is 1. The van der Waals surface area contributed by atoms with Crippen LogP contribution in [0, 0.1) is 0 Å². The standard InChI is InChI=1S/C19H11ClN2O3S2/c20-16-11-3-1-2-4-15(11)27-17(16)18(23)22-19-21-12(8-26-19)10-5-6-13-14(7-10)25-9-24-13/h1-8H,9H2,(H,21,22,23). The number of fused-ring (bicyclic) bond motifs is 2. The van der Waals surface area contributed by atoms with Gasteiger partial charge >= 0.3 is 0 Å². The molecule has 134 valence electrons. The number of benzene rings is 2. The molecular weight excluding hydrogens is 404 g/mol. The number of nitrogens with one attached hydrogen (secondary N) is 1. The number of thiophene rings is 1. The van der Waals surface area contributed by atoms with Crippen molar-refractivity contribution in [1.29, 1.82) is 0 Å². The van der Waals surface area contributed by atoms with Gasteiger partial charge in [-0.1, -0.05) is 29.8 Å². The van der Waals surface area contributed by atoms with Crippen LogP contribution in [0.4, 0.5) is 5.13 Å². The van der Waals surface area contributed by atoms with Crippen molar-refractivity contribution < 1.29 is 14.3 Å². The Balaban J connectivity index is 1.40. The summed E-state index contributed by atoms with van der Waals surface area (Å²) in [5.41, 5.74) is 1.66. The molecule has 5 nitrogen and oxygen atoms in total. The third kappa shape index (κ3) is 2.93. The Hall–Kier alpha value is -2.61. The summed E-state index contributed by atoms with van der Waals surface area (Å²) in [4.78, 5) is 17.6. The van der Waals surface area contributed by atoms with Crippen molar-refractivity contribution in [2.24, 2.45) is 0 Å². The van der Waals surface area contributed by atoms with Crippen molar-refractivity contribution in [2.75, 3.05) is 12.1 Å². The van der Waals surface area contributed by atoms with Crippen molar-refractivity contribution in [2.45, 2.75) is 0 Å².